The van der Waals surface area contributed by atoms with Crippen molar-refractivity contribution >= 4 is 11.0 Å². The standard InChI is InChI=1S/C14H14O4/c1-10(9-15)6-7-17-12-4-2-11-3-5-14(16)18-13(11)8-12/h2-6,8,15H,7,9H2,1H3. The normalized spacial score (nSPS) is 11.8. The Bertz CT molecular complexity index is 625. The van der Waals surface area contributed by atoms with Crippen LogP contribution in [-0.4, -0.2) is 18.3 Å². The molecule has 2 rings (SSSR count). The molecule has 18 heavy (non-hydrogen) atoms. The lowest BCUT2D eigenvalue weighted by Gasteiger charge is -2.04. The van der Waals surface area contributed by atoms with Crippen LogP contribution in [0.5, 0.6) is 5.75 Å². The first kappa shape index (κ1) is 12.4. The Labute approximate surface area is 104 Å². The summed E-state index contributed by atoms with van der Waals surface area (Å²) in [5.41, 5.74) is 0.973. The predicted octanol–water partition coefficient (Wildman–Crippen LogP) is 2.11. The van der Waals surface area contributed by atoms with E-state index in [0.717, 1.165) is 11.0 Å². The Morgan fingerprint density at radius 1 is 1.39 bits per heavy atom. The first-order valence-corrected chi connectivity index (χ1v) is 5.62. The highest BCUT2D eigenvalue weighted by molar-refractivity contribution is 5.77. The molecule has 1 aromatic carbocycles. The maximum atomic E-state index is 11.1. The molecule has 0 saturated heterocycles. The number of aliphatic hydroxyl groups is 1. The lowest BCUT2D eigenvalue weighted by Crippen LogP contribution is -1.97. The number of benzene rings is 1. The molecule has 1 heterocycles. The molecule has 0 spiro atoms. The van der Waals surface area contributed by atoms with Crippen LogP contribution in [0.1, 0.15) is 6.92 Å². The van der Waals surface area contributed by atoms with Crippen LogP contribution in [0, 0.1) is 0 Å². The monoisotopic (exact) mass is 246 g/mol. The summed E-state index contributed by atoms with van der Waals surface area (Å²) in [5.74, 6) is 0.624. The second-order valence-electron chi connectivity index (χ2n) is 3.97. The van der Waals surface area contributed by atoms with Gasteiger partial charge in [-0.1, -0.05) is 0 Å². The third-order valence-electron chi connectivity index (χ3n) is 2.53. The third-order valence-corrected chi connectivity index (χ3v) is 2.53. The van der Waals surface area contributed by atoms with E-state index in [2.05, 4.69) is 0 Å². The van der Waals surface area contributed by atoms with Gasteiger partial charge in [-0.2, -0.15) is 0 Å². The van der Waals surface area contributed by atoms with Crippen LogP contribution in [0.25, 0.3) is 11.0 Å². The molecule has 1 N–H and O–H groups in total. The summed E-state index contributed by atoms with van der Waals surface area (Å²) >= 11 is 0. The summed E-state index contributed by atoms with van der Waals surface area (Å²) < 4.78 is 10.5. The molecule has 0 saturated carbocycles. The van der Waals surface area contributed by atoms with Crippen molar-refractivity contribution < 1.29 is 14.3 Å². The topological polar surface area (TPSA) is 59.7 Å². The summed E-state index contributed by atoms with van der Waals surface area (Å²) in [6.07, 6.45) is 1.80. The molecule has 0 unspecified atom stereocenters. The van der Waals surface area contributed by atoms with Crippen LogP contribution >= 0.6 is 0 Å². The highest BCUT2D eigenvalue weighted by atomic mass is 16.5. The fourth-order valence-corrected chi connectivity index (χ4v) is 1.48. The van der Waals surface area contributed by atoms with Gasteiger partial charge in [0.2, 0.25) is 0 Å². The molecule has 1 aromatic heterocycles. The zero-order chi connectivity index (χ0) is 13.0. The van der Waals surface area contributed by atoms with Crippen LogP contribution in [0.15, 0.2) is 51.2 Å². The first-order chi connectivity index (χ1) is 8.69. The molecular formula is C14H14O4. The van der Waals surface area contributed by atoms with E-state index in [0.29, 0.717) is 17.9 Å². The molecule has 94 valence electrons. The van der Waals surface area contributed by atoms with E-state index >= 15 is 0 Å². The van der Waals surface area contributed by atoms with Gasteiger partial charge in [0.1, 0.15) is 17.9 Å². The predicted molar refractivity (Wildman–Crippen MR) is 68.8 cm³/mol. The van der Waals surface area contributed by atoms with Crippen molar-refractivity contribution in [2.24, 2.45) is 0 Å². The van der Waals surface area contributed by atoms with Gasteiger partial charge < -0.3 is 14.3 Å². The molecule has 0 aliphatic carbocycles. The van der Waals surface area contributed by atoms with Crippen molar-refractivity contribution in [1.29, 1.82) is 0 Å². The Balaban J connectivity index is 2.17. The van der Waals surface area contributed by atoms with Gasteiger partial charge in [0.25, 0.3) is 0 Å². The minimum atomic E-state index is -0.379. The van der Waals surface area contributed by atoms with Crippen molar-refractivity contribution in [3.05, 3.63) is 52.4 Å². The molecule has 0 radical (unpaired) electrons. The summed E-state index contributed by atoms with van der Waals surface area (Å²) in [5, 5.41) is 9.68. The van der Waals surface area contributed by atoms with Crippen LogP contribution in [0.3, 0.4) is 0 Å². The molecule has 0 atom stereocenters. The van der Waals surface area contributed by atoms with E-state index in [1.807, 2.05) is 19.1 Å². The van der Waals surface area contributed by atoms with Gasteiger partial charge in [0.05, 0.1) is 6.61 Å². The van der Waals surface area contributed by atoms with Crippen molar-refractivity contribution in [1.82, 2.24) is 0 Å². The lowest BCUT2D eigenvalue weighted by atomic mass is 10.2. The first-order valence-electron chi connectivity index (χ1n) is 5.62. The van der Waals surface area contributed by atoms with Gasteiger partial charge in [-0.3, -0.25) is 0 Å². The van der Waals surface area contributed by atoms with E-state index in [9.17, 15) is 4.79 Å². The van der Waals surface area contributed by atoms with Crippen LogP contribution in [0.2, 0.25) is 0 Å². The lowest BCUT2D eigenvalue weighted by molar-refractivity contribution is 0.325. The molecule has 0 amide bonds. The van der Waals surface area contributed by atoms with E-state index in [-0.39, 0.29) is 12.2 Å². The summed E-state index contributed by atoms with van der Waals surface area (Å²) in [7, 11) is 0. The van der Waals surface area contributed by atoms with E-state index in [1.165, 1.54) is 6.07 Å². The molecule has 0 bridgehead atoms. The van der Waals surface area contributed by atoms with E-state index in [1.54, 1.807) is 18.2 Å². The molecule has 0 fully saturated rings. The highest BCUT2D eigenvalue weighted by Crippen LogP contribution is 2.19. The van der Waals surface area contributed by atoms with Gasteiger partial charge in [-0.25, -0.2) is 4.79 Å². The van der Waals surface area contributed by atoms with Crippen molar-refractivity contribution in [3.63, 3.8) is 0 Å². The average molecular weight is 246 g/mol. The summed E-state index contributed by atoms with van der Waals surface area (Å²) in [6, 6.07) is 8.41. The summed E-state index contributed by atoms with van der Waals surface area (Å²) in [4.78, 5) is 11.1. The zero-order valence-electron chi connectivity index (χ0n) is 10.1. The Kier molecular flexibility index (Phi) is 3.79. The van der Waals surface area contributed by atoms with E-state index < -0.39 is 0 Å². The molecule has 4 heteroatoms. The second kappa shape index (κ2) is 5.51. The quantitative estimate of drug-likeness (QED) is 0.663. The zero-order valence-corrected chi connectivity index (χ0v) is 10.1. The fraction of sp³-hybridized carbons (Fsp3) is 0.214. The molecule has 2 aromatic rings. The number of rotatable bonds is 4. The molecular weight excluding hydrogens is 232 g/mol. The smallest absolute Gasteiger partial charge is 0.336 e. The number of hydrogen-bond acceptors (Lipinski definition) is 4. The SMILES string of the molecule is CC(=CCOc1ccc2ccc(=O)oc2c1)CO. The maximum Gasteiger partial charge on any atom is 0.336 e. The number of fused-ring (bicyclic) bond motifs is 1. The maximum absolute atomic E-state index is 11.1. The number of hydrogen-bond donors (Lipinski definition) is 1. The Hall–Kier alpha value is -2.07. The average Bonchev–Trinajstić information content (AvgIpc) is 2.38. The third kappa shape index (κ3) is 2.99. The highest BCUT2D eigenvalue weighted by Gasteiger charge is 1.99. The van der Waals surface area contributed by atoms with Crippen LogP contribution in [-0.2, 0) is 0 Å². The van der Waals surface area contributed by atoms with Crippen molar-refractivity contribution in [2.45, 2.75) is 6.92 Å². The molecule has 0 aliphatic heterocycles. The minimum absolute atomic E-state index is 0.0238. The Morgan fingerprint density at radius 3 is 2.94 bits per heavy atom. The van der Waals surface area contributed by atoms with Gasteiger partial charge in [-0.15, -0.1) is 0 Å². The van der Waals surface area contributed by atoms with Crippen LogP contribution in [0.4, 0.5) is 0 Å². The van der Waals surface area contributed by atoms with Gasteiger partial charge >= 0.3 is 5.63 Å². The molecule has 0 aliphatic rings. The van der Waals surface area contributed by atoms with Gasteiger partial charge in [0.15, 0.2) is 0 Å². The van der Waals surface area contributed by atoms with Crippen LogP contribution < -0.4 is 10.4 Å². The van der Waals surface area contributed by atoms with Crippen molar-refractivity contribution in [3.8, 4) is 5.75 Å². The minimum Gasteiger partial charge on any atom is -0.489 e. The van der Waals surface area contributed by atoms with Gasteiger partial charge in [-0.05, 0) is 36.8 Å². The molecule has 4 nitrogen and oxygen atoms in total. The fourth-order valence-electron chi connectivity index (χ4n) is 1.48. The number of ether oxygens (including phenoxy) is 1. The van der Waals surface area contributed by atoms with Crippen molar-refractivity contribution in [2.75, 3.05) is 13.2 Å². The number of aliphatic hydroxyl groups excluding tert-OH is 1. The van der Waals surface area contributed by atoms with E-state index in [4.69, 9.17) is 14.3 Å². The largest absolute Gasteiger partial charge is 0.489 e. The second-order valence-corrected chi connectivity index (χ2v) is 3.97. The van der Waals surface area contributed by atoms with Gasteiger partial charge in [0, 0.05) is 17.5 Å². The summed E-state index contributed by atoms with van der Waals surface area (Å²) in [6.45, 7) is 2.22. The Morgan fingerprint density at radius 2 is 2.17 bits per heavy atom.